The number of halogens is 2. The molecule has 2 saturated heterocycles. The molecule has 0 radical (unpaired) electrons. The second-order valence-corrected chi connectivity index (χ2v) is 8.85. The molecule has 33 heavy (non-hydrogen) atoms. The highest BCUT2D eigenvalue weighted by Crippen LogP contribution is 2.37. The third-order valence-corrected chi connectivity index (χ3v) is 6.88. The van der Waals surface area contributed by atoms with E-state index in [0.29, 0.717) is 19.2 Å². The Morgan fingerprint density at radius 1 is 1.15 bits per heavy atom. The molecule has 2 aromatic rings. The number of aliphatic hydroxyl groups is 1. The number of nitrogens with one attached hydrogen (secondary N) is 1. The monoisotopic (exact) mass is 458 g/mol. The molecule has 3 aliphatic rings. The fourth-order valence-corrected chi connectivity index (χ4v) is 5.19. The van der Waals surface area contributed by atoms with Crippen LogP contribution in [-0.2, 0) is 13.1 Å². The van der Waals surface area contributed by atoms with Gasteiger partial charge in [0, 0.05) is 49.6 Å². The smallest absolute Gasteiger partial charge is 0.273 e. The lowest BCUT2D eigenvalue weighted by atomic mass is 9.92. The van der Waals surface area contributed by atoms with Gasteiger partial charge in [0.1, 0.15) is 22.9 Å². The second kappa shape index (κ2) is 8.03. The minimum atomic E-state index is -1.52. The van der Waals surface area contributed by atoms with Gasteiger partial charge in [0.05, 0.1) is 6.54 Å². The highest BCUT2D eigenvalue weighted by molar-refractivity contribution is 5.97. The zero-order valence-corrected chi connectivity index (χ0v) is 17.9. The minimum absolute atomic E-state index is 0.0116. The number of nitrogens with zero attached hydrogens (tertiary/aromatic N) is 3. The molecule has 0 spiro atoms. The summed E-state index contributed by atoms with van der Waals surface area (Å²) in [6.45, 7) is 0.836. The Morgan fingerprint density at radius 2 is 1.97 bits per heavy atom. The van der Waals surface area contributed by atoms with E-state index in [1.54, 1.807) is 0 Å². The zero-order valence-electron chi connectivity index (χ0n) is 17.9. The lowest BCUT2D eigenvalue weighted by Crippen LogP contribution is -2.73. The van der Waals surface area contributed by atoms with Gasteiger partial charge in [-0.3, -0.25) is 24.2 Å². The summed E-state index contributed by atoms with van der Waals surface area (Å²) in [6.07, 6.45) is 4.99. The maximum atomic E-state index is 13.9. The lowest BCUT2D eigenvalue weighted by molar-refractivity contribution is -0.251. The van der Waals surface area contributed by atoms with E-state index in [4.69, 9.17) is 0 Å². The van der Waals surface area contributed by atoms with Crippen LogP contribution in [0.1, 0.15) is 52.1 Å². The van der Waals surface area contributed by atoms with Crippen molar-refractivity contribution in [2.45, 2.75) is 50.7 Å². The SMILES string of the molecule is O=C(NCc1ccc(F)cc1F)c1cn2c(cc1=O)C(=O)N1CC[C@@H]3CCCCN3[C@@]1(O)C2. The summed E-state index contributed by atoms with van der Waals surface area (Å²) in [7, 11) is 0. The summed E-state index contributed by atoms with van der Waals surface area (Å²) in [5.41, 5.74) is -0.690. The van der Waals surface area contributed by atoms with Crippen LogP contribution in [0.5, 0.6) is 0 Å². The van der Waals surface area contributed by atoms with E-state index in [-0.39, 0.29) is 36.0 Å². The van der Waals surface area contributed by atoms with E-state index < -0.39 is 34.7 Å². The fraction of sp³-hybridized carbons (Fsp3) is 0.435. The van der Waals surface area contributed by atoms with Gasteiger partial charge in [0.25, 0.3) is 11.8 Å². The Balaban J connectivity index is 1.42. The number of piperidine rings is 1. The number of amides is 2. The Morgan fingerprint density at radius 3 is 2.76 bits per heavy atom. The number of aromatic nitrogens is 1. The summed E-state index contributed by atoms with van der Waals surface area (Å²) in [6, 6.07) is 4.30. The molecule has 0 bridgehead atoms. The number of hydrogen-bond donors (Lipinski definition) is 2. The molecule has 2 amide bonds. The topological polar surface area (TPSA) is 94.9 Å². The zero-order chi connectivity index (χ0) is 23.3. The summed E-state index contributed by atoms with van der Waals surface area (Å²) < 4.78 is 28.4. The molecule has 2 N–H and O–H groups in total. The van der Waals surface area contributed by atoms with Crippen LogP contribution < -0.4 is 10.7 Å². The Bertz CT molecular complexity index is 1200. The number of rotatable bonds is 3. The average Bonchev–Trinajstić information content (AvgIpc) is 2.78. The molecule has 1 aromatic carbocycles. The van der Waals surface area contributed by atoms with Crippen molar-refractivity contribution in [3.05, 3.63) is 69.1 Å². The van der Waals surface area contributed by atoms with Crippen molar-refractivity contribution >= 4 is 11.8 Å². The van der Waals surface area contributed by atoms with Crippen molar-refractivity contribution in [2.75, 3.05) is 13.1 Å². The van der Waals surface area contributed by atoms with E-state index in [9.17, 15) is 28.3 Å². The van der Waals surface area contributed by atoms with Crippen molar-refractivity contribution < 1.29 is 23.5 Å². The molecular weight excluding hydrogens is 434 g/mol. The van der Waals surface area contributed by atoms with Crippen molar-refractivity contribution in [3.63, 3.8) is 0 Å². The van der Waals surface area contributed by atoms with E-state index in [0.717, 1.165) is 37.8 Å². The first-order valence-corrected chi connectivity index (χ1v) is 11.1. The maximum absolute atomic E-state index is 13.9. The summed E-state index contributed by atoms with van der Waals surface area (Å²) in [4.78, 5) is 41.8. The summed E-state index contributed by atoms with van der Waals surface area (Å²) in [5.74, 6) is -4.26. The summed E-state index contributed by atoms with van der Waals surface area (Å²) in [5, 5.41) is 14.0. The van der Waals surface area contributed by atoms with Gasteiger partial charge in [-0.05, 0) is 25.3 Å². The number of benzene rings is 1. The fourth-order valence-electron chi connectivity index (χ4n) is 5.19. The molecule has 3 aliphatic heterocycles. The van der Waals surface area contributed by atoms with E-state index in [2.05, 4.69) is 5.32 Å². The van der Waals surface area contributed by atoms with Gasteiger partial charge in [0.15, 0.2) is 5.43 Å². The standard InChI is InChI=1S/C23H24F2N4O4/c24-15-5-4-14(18(25)9-15)11-26-21(31)17-12-27-13-23(33)28-7-2-1-3-16(28)6-8-29(23)22(32)19(27)10-20(17)30/h4-5,9-10,12,16,33H,1-3,6-8,11,13H2,(H,26,31)/t16-,23-/m0/s1. The highest BCUT2D eigenvalue weighted by atomic mass is 19.1. The van der Waals surface area contributed by atoms with Crippen LogP contribution in [0.25, 0.3) is 0 Å². The number of fused-ring (bicyclic) bond motifs is 4. The van der Waals surface area contributed by atoms with E-state index in [1.165, 1.54) is 21.7 Å². The number of carbonyl (C=O) groups is 2. The van der Waals surface area contributed by atoms with Crippen molar-refractivity contribution in [2.24, 2.45) is 0 Å². The third-order valence-electron chi connectivity index (χ3n) is 6.88. The molecule has 5 rings (SSSR count). The van der Waals surface area contributed by atoms with Crippen molar-refractivity contribution in [1.29, 1.82) is 0 Å². The molecular formula is C23H24F2N4O4. The number of hydrogen-bond acceptors (Lipinski definition) is 5. The van der Waals surface area contributed by atoms with Gasteiger partial charge in [-0.2, -0.15) is 0 Å². The molecule has 8 nitrogen and oxygen atoms in total. The molecule has 4 heterocycles. The molecule has 1 aromatic heterocycles. The van der Waals surface area contributed by atoms with Crippen LogP contribution in [0.3, 0.4) is 0 Å². The van der Waals surface area contributed by atoms with Gasteiger partial charge in [-0.15, -0.1) is 0 Å². The van der Waals surface area contributed by atoms with Gasteiger partial charge >= 0.3 is 0 Å². The highest BCUT2D eigenvalue weighted by Gasteiger charge is 2.53. The predicted octanol–water partition coefficient (Wildman–Crippen LogP) is 1.42. The van der Waals surface area contributed by atoms with Gasteiger partial charge in [0.2, 0.25) is 5.85 Å². The normalized spacial score (nSPS) is 24.6. The first kappa shape index (κ1) is 21.7. The van der Waals surface area contributed by atoms with Crippen LogP contribution >= 0.6 is 0 Å². The molecule has 10 heteroatoms. The Hall–Kier alpha value is -3.11. The predicted molar refractivity (Wildman–Crippen MR) is 113 cm³/mol. The van der Waals surface area contributed by atoms with Crippen LogP contribution in [0.15, 0.2) is 35.3 Å². The third kappa shape index (κ3) is 3.63. The quantitative estimate of drug-likeness (QED) is 0.726. The van der Waals surface area contributed by atoms with Crippen LogP contribution in [0, 0.1) is 11.6 Å². The van der Waals surface area contributed by atoms with Crippen LogP contribution in [-0.4, -0.2) is 56.3 Å². The van der Waals surface area contributed by atoms with Gasteiger partial charge in [-0.25, -0.2) is 8.78 Å². The van der Waals surface area contributed by atoms with Crippen molar-refractivity contribution in [1.82, 2.24) is 19.7 Å². The Kier molecular flexibility index (Phi) is 5.29. The van der Waals surface area contributed by atoms with E-state index in [1.807, 2.05) is 4.90 Å². The maximum Gasteiger partial charge on any atom is 0.273 e. The molecule has 0 saturated carbocycles. The summed E-state index contributed by atoms with van der Waals surface area (Å²) >= 11 is 0. The van der Waals surface area contributed by atoms with Crippen LogP contribution in [0.4, 0.5) is 8.78 Å². The Labute approximate surface area is 188 Å². The second-order valence-electron chi connectivity index (χ2n) is 8.85. The molecule has 0 unspecified atom stereocenters. The molecule has 2 atom stereocenters. The molecule has 0 aliphatic carbocycles. The average molecular weight is 458 g/mol. The van der Waals surface area contributed by atoms with Crippen LogP contribution in [0.2, 0.25) is 0 Å². The van der Waals surface area contributed by atoms with E-state index >= 15 is 0 Å². The largest absolute Gasteiger partial charge is 0.357 e. The van der Waals surface area contributed by atoms with Gasteiger partial charge < -0.3 is 15.0 Å². The number of pyridine rings is 1. The lowest BCUT2D eigenvalue weighted by Gasteiger charge is -2.57. The molecule has 2 fully saturated rings. The minimum Gasteiger partial charge on any atom is -0.357 e. The first-order chi connectivity index (χ1) is 15.8. The van der Waals surface area contributed by atoms with Crippen molar-refractivity contribution in [3.8, 4) is 0 Å². The first-order valence-electron chi connectivity index (χ1n) is 11.1. The molecule has 174 valence electrons. The number of carbonyl (C=O) groups excluding carboxylic acids is 2. The van der Waals surface area contributed by atoms with Gasteiger partial charge in [-0.1, -0.05) is 12.5 Å².